The number of rotatable bonds is 8. The summed E-state index contributed by atoms with van der Waals surface area (Å²) in [5.74, 6) is 0. The maximum absolute atomic E-state index is 6.25. The lowest BCUT2D eigenvalue weighted by Gasteiger charge is -2.26. The lowest BCUT2D eigenvalue weighted by molar-refractivity contribution is 0.669. The Morgan fingerprint density at radius 3 is 1.50 bits per heavy atom. The summed E-state index contributed by atoms with van der Waals surface area (Å²) in [6, 6.07) is 84.9. The molecule has 0 unspecified atom stereocenters. The minimum Gasteiger partial charge on any atom is -0.456 e. The summed E-state index contributed by atoms with van der Waals surface area (Å²) in [6.45, 7) is 0. The van der Waals surface area contributed by atoms with Gasteiger partial charge in [0.2, 0.25) is 0 Å². The summed E-state index contributed by atoms with van der Waals surface area (Å²) in [5.41, 5.74) is 16.9. The number of hydrogen-bond donors (Lipinski definition) is 0. The van der Waals surface area contributed by atoms with Gasteiger partial charge < -0.3 is 9.32 Å². The maximum Gasteiger partial charge on any atom is 0.136 e. The standard InChI is InChI=1S/C58H39NO/c1-2-12-40(13-3-1)41-26-28-42(29-27-41)43-30-34-49(35-31-43)59(50-36-32-45(33-37-50)54-23-11-25-57-58(54)55-21-6-7-24-56(55)60-57)51-19-9-17-47(39-51)46-16-8-18-48(38-46)53-22-10-15-44-14-4-5-20-52(44)53/h1-39H. The van der Waals surface area contributed by atoms with Crippen LogP contribution in [0.25, 0.3) is 88.3 Å². The summed E-state index contributed by atoms with van der Waals surface area (Å²) < 4.78 is 6.25. The van der Waals surface area contributed by atoms with Crippen molar-refractivity contribution in [2.75, 3.05) is 4.90 Å². The van der Waals surface area contributed by atoms with Gasteiger partial charge in [-0.05, 0) is 121 Å². The second-order valence-corrected chi connectivity index (χ2v) is 15.3. The first kappa shape index (κ1) is 35.2. The minimum absolute atomic E-state index is 0.899. The second kappa shape index (κ2) is 15.1. The number of fused-ring (bicyclic) bond motifs is 4. The molecule has 0 aliphatic heterocycles. The molecule has 0 aliphatic rings. The average Bonchev–Trinajstić information content (AvgIpc) is 3.72. The number of furan rings is 1. The van der Waals surface area contributed by atoms with Gasteiger partial charge in [0.15, 0.2) is 0 Å². The molecule has 10 aromatic carbocycles. The molecule has 0 spiro atoms. The molecular formula is C58H39NO. The Morgan fingerprint density at radius 1 is 0.267 bits per heavy atom. The minimum atomic E-state index is 0.899. The first-order chi connectivity index (χ1) is 29.7. The van der Waals surface area contributed by atoms with Crippen LogP contribution in [0.15, 0.2) is 241 Å². The molecule has 0 N–H and O–H groups in total. The quantitative estimate of drug-likeness (QED) is 0.153. The number of para-hydroxylation sites is 1. The molecule has 11 rings (SSSR count). The van der Waals surface area contributed by atoms with Gasteiger partial charge in [-0.3, -0.25) is 0 Å². The predicted octanol–water partition coefficient (Wildman–Crippen LogP) is 16.5. The molecule has 11 aromatic rings. The average molecular weight is 766 g/mol. The van der Waals surface area contributed by atoms with Crippen molar-refractivity contribution in [1.29, 1.82) is 0 Å². The van der Waals surface area contributed by atoms with E-state index in [4.69, 9.17) is 4.42 Å². The van der Waals surface area contributed by atoms with Gasteiger partial charge in [0, 0.05) is 27.8 Å². The number of anilines is 3. The Labute approximate surface area is 349 Å². The van der Waals surface area contributed by atoms with Gasteiger partial charge in [-0.15, -0.1) is 0 Å². The second-order valence-electron chi connectivity index (χ2n) is 15.3. The van der Waals surface area contributed by atoms with Gasteiger partial charge in [0.05, 0.1) is 0 Å². The molecule has 1 aromatic heterocycles. The van der Waals surface area contributed by atoms with E-state index < -0.39 is 0 Å². The number of nitrogens with zero attached hydrogens (tertiary/aromatic N) is 1. The fourth-order valence-corrected chi connectivity index (χ4v) is 8.71. The molecule has 0 amide bonds. The number of hydrogen-bond acceptors (Lipinski definition) is 2. The summed E-state index contributed by atoms with van der Waals surface area (Å²) in [4.78, 5) is 2.36. The topological polar surface area (TPSA) is 16.4 Å². The zero-order valence-corrected chi connectivity index (χ0v) is 32.9. The normalized spacial score (nSPS) is 11.3. The van der Waals surface area contributed by atoms with Crippen LogP contribution in [-0.4, -0.2) is 0 Å². The van der Waals surface area contributed by atoms with Crippen LogP contribution in [0.5, 0.6) is 0 Å². The van der Waals surface area contributed by atoms with E-state index in [0.717, 1.165) is 55.7 Å². The zero-order chi connectivity index (χ0) is 39.8. The highest BCUT2D eigenvalue weighted by Crippen LogP contribution is 2.41. The van der Waals surface area contributed by atoms with E-state index in [1.54, 1.807) is 0 Å². The molecule has 2 heteroatoms. The van der Waals surface area contributed by atoms with Crippen LogP contribution < -0.4 is 4.90 Å². The van der Waals surface area contributed by atoms with Crippen LogP contribution in [0.3, 0.4) is 0 Å². The van der Waals surface area contributed by atoms with E-state index in [0.29, 0.717) is 0 Å². The van der Waals surface area contributed by atoms with Gasteiger partial charge >= 0.3 is 0 Å². The SMILES string of the molecule is c1ccc(-c2ccc(-c3ccc(N(c4ccc(-c5cccc6oc7ccccc7c56)cc4)c4cccc(-c5cccc(-c6cccc7ccccc67)c5)c4)cc3)cc2)cc1. The largest absolute Gasteiger partial charge is 0.456 e. The molecule has 0 saturated carbocycles. The van der Waals surface area contributed by atoms with Crippen molar-refractivity contribution in [3.05, 3.63) is 237 Å². The molecule has 0 saturated heterocycles. The van der Waals surface area contributed by atoms with Gasteiger partial charge in [0.25, 0.3) is 0 Å². The summed E-state index contributed by atoms with van der Waals surface area (Å²) in [6.07, 6.45) is 0. The smallest absolute Gasteiger partial charge is 0.136 e. The van der Waals surface area contributed by atoms with Crippen molar-refractivity contribution >= 4 is 49.8 Å². The van der Waals surface area contributed by atoms with Crippen molar-refractivity contribution in [3.8, 4) is 55.6 Å². The number of benzene rings is 10. The van der Waals surface area contributed by atoms with Crippen LogP contribution in [0.1, 0.15) is 0 Å². The Bertz CT molecular complexity index is 3280. The van der Waals surface area contributed by atoms with Crippen molar-refractivity contribution in [2.45, 2.75) is 0 Å². The van der Waals surface area contributed by atoms with E-state index in [1.165, 1.54) is 49.7 Å². The highest BCUT2D eigenvalue weighted by Gasteiger charge is 2.17. The fraction of sp³-hybridized carbons (Fsp3) is 0. The first-order valence-corrected chi connectivity index (χ1v) is 20.5. The lowest BCUT2D eigenvalue weighted by atomic mass is 9.95. The van der Waals surface area contributed by atoms with E-state index in [9.17, 15) is 0 Å². The third kappa shape index (κ3) is 6.51. The molecule has 1 heterocycles. The summed E-state index contributed by atoms with van der Waals surface area (Å²) in [5, 5.41) is 4.77. The third-order valence-electron chi connectivity index (χ3n) is 11.7. The monoisotopic (exact) mass is 765 g/mol. The van der Waals surface area contributed by atoms with Crippen LogP contribution in [0, 0.1) is 0 Å². The molecule has 0 bridgehead atoms. The summed E-state index contributed by atoms with van der Waals surface area (Å²) >= 11 is 0. The van der Waals surface area contributed by atoms with Gasteiger partial charge in [0.1, 0.15) is 11.2 Å². The van der Waals surface area contributed by atoms with Crippen molar-refractivity contribution in [1.82, 2.24) is 0 Å². The molecule has 282 valence electrons. The Kier molecular flexibility index (Phi) is 8.87. The molecule has 2 nitrogen and oxygen atoms in total. The first-order valence-electron chi connectivity index (χ1n) is 20.5. The molecule has 0 aliphatic carbocycles. The molecule has 60 heavy (non-hydrogen) atoms. The zero-order valence-electron chi connectivity index (χ0n) is 32.9. The van der Waals surface area contributed by atoms with E-state index >= 15 is 0 Å². The lowest BCUT2D eigenvalue weighted by Crippen LogP contribution is -2.10. The van der Waals surface area contributed by atoms with Gasteiger partial charge in [-0.25, -0.2) is 0 Å². The van der Waals surface area contributed by atoms with Crippen molar-refractivity contribution < 1.29 is 4.42 Å². The van der Waals surface area contributed by atoms with Crippen LogP contribution >= 0.6 is 0 Å². The fourth-order valence-electron chi connectivity index (χ4n) is 8.71. The Morgan fingerprint density at radius 2 is 0.750 bits per heavy atom. The van der Waals surface area contributed by atoms with Crippen molar-refractivity contribution in [3.63, 3.8) is 0 Å². The molecule has 0 fully saturated rings. The van der Waals surface area contributed by atoms with Crippen molar-refractivity contribution in [2.24, 2.45) is 0 Å². The van der Waals surface area contributed by atoms with Crippen LogP contribution in [-0.2, 0) is 0 Å². The van der Waals surface area contributed by atoms with E-state index in [2.05, 4.69) is 229 Å². The Hall–Kier alpha value is -7.94. The Balaban J connectivity index is 0.984. The van der Waals surface area contributed by atoms with Crippen LogP contribution in [0.4, 0.5) is 17.1 Å². The molecular weight excluding hydrogens is 727 g/mol. The van der Waals surface area contributed by atoms with Crippen LogP contribution in [0.2, 0.25) is 0 Å². The molecule has 0 atom stereocenters. The van der Waals surface area contributed by atoms with Gasteiger partial charge in [-0.2, -0.15) is 0 Å². The van der Waals surface area contributed by atoms with E-state index in [1.807, 2.05) is 12.1 Å². The van der Waals surface area contributed by atoms with E-state index in [-0.39, 0.29) is 0 Å². The summed E-state index contributed by atoms with van der Waals surface area (Å²) in [7, 11) is 0. The van der Waals surface area contributed by atoms with Gasteiger partial charge in [-0.1, -0.05) is 182 Å². The highest BCUT2D eigenvalue weighted by atomic mass is 16.3. The highest BCUT2D eigenvalue weighted by molar-refractivity contribution is 6.12. The molecule has 0 radical (unpaired) electrons. The predicted molar refractivity (Wildman–Crippen MR) is 253 cm³/mol. The third-order valence-corrected chi connectivity index (χ3v) is 11.7. The maximum atomic E-state index is 6.25.